The first-order valence-electron chi connectivity index (χ1n) is 6.49. The predicted molar refractivity (Wildman–Crippen MR) is 81.1 cm³/mol. The van der Waals surface area contributed by atoms with Crippen LogP contribution in [0.15, 0.2) is 18.2 Å². The molecule has 0 aromatic heterocycles. The average Bonchev–Trinajstić information content (AvgIpc) is 2.36. The summed E-state index contributed by atoms with van der Waals surface area (Å²) in [6, 6.07) is 3.49. The Bertz CT molecular complexity index is 660. The van der Waals surface area contributed by atoms with E-state index in [2.05, 4.69) is 0 Å². The van der Waals surface area contributed by atoms with E-state index in [1.807, 2.05) is 0 Å². The molecular formula is C15H16ClNO5. The van der Waals surface area contributed by atoms with E-state index in [4.69, 9.17) is 11.6 Å². The van der Waals surface area contributed by atoms with Crippen LogP contribution in [0.4, 0.5) is 5.69 Å². The maximum Gasteiger partial charge on any atom is 0.281 e. The van der Waals surface area contributed by atoms with Crippen LogP contribution in [-0.2, 0) is 9.59 Å². The van der Waals surface area contributed by atoms with Gasteiger partial charge in [-0.15, -0.1) is 0 Å². The number of benzene rings is 1. The molecule has 1 aromatic carbocycles. The standard InChI is InChI=1S/C15H16ClNO5/c1-8(18)12(14(20)15(2,3)4)13(19)10-6-5-9(16)7-11(10)17(21)22/h5-7,12H,1-4H3. The van der Waals surface area contributed by atoms with E-state index in [-0.39, 0.29) is 10.6 Å². The monoisotopic (exact) mass is 325 g/mol. The lowest BCUT2D eigenvalue weighted by atomic mass is 9.78. The third kappa shape index (κ3) is 3.76. The molecule has 1 unspecified atom stereocenters. The molecular weight excluding hydrogens is 310 g/mol. The van der Waals surface area contributed by atoms with Crippen LogP contribution < -0.4 is 0 Å². The van der Waals surface area contributed by atoms with E-state index >= 15 is 0 Å². The van der Waals surface area contributed by atoms with Gasteiger partial charge in [0.1, 0.15) is 11.7 Å². The fraction of sp³-hybridized carbons (Fsp3) is 0.400. The number of hydrogen-bond donors (Lipinski definition) is 0. The molecule has 7 heteroatoms. The van der Waals surface area contributed by atoms with Crippen molar-refractivity contribution in [3.8, 4) is 0 Å². The number of rotatable bonds is 5. The van der Waals surface area contributed by atoms with E-state index < -0.39 is 39.3 Å². The molecule has 118 valence electrons. The molecule has 0 heterocycles. The SMILES string of the molecule is CC(=O)C(C(=O)c1ccc(Cl)cc1[N+](=O)[O-])C(=O)C(C)(C)C. The molecule has 6 nitrogen and oxygen atoms in total. The zero-order chi connectivity index (χ0) is 17.2. The van der Waals surface area contributed by atoms with Gasteiger partial charge in [0.25, 0.3) is 5.69 Å². The first kappa shape index (κ1) is 18.0. The Morgan fingerprint density at radius 3 is 2.18 bits per heavy atom. The molecule has 1 aromatic rings. The highest BCUT2D eigenvalue weighted by molar-refractivity contribution is 6.31. The van der Waals surface area contributed by atoms with Crippen LogP contribution in [0.5, 0.6) is 0 Å². The molecule has 0 amide bonds. The molecule has 1 rings (SSSR count). The van der Waals surface area contributed by atoms with Crippen molar-refractivity contribution in [3.63, 3.8) is 0 Å². The minimum Gasteiger partial charge on any atom is -0.299 e. The van der Waals surface area contributed by atoms with Crippen molar-refractivity contribution in [1.29, 1.82) is 0 Å². The maximum absolute atomic E-state index is 12.5. The number of halogens is 1. The van der Waals surface area contributed by atoms with Crippen molar-refractivity contribution in [2.75, 3.05) is 0 Å². The zero-order valence-corrected chi connectivity index (χ0v) is 13.4. The van der Waals surface area contributed by atoms with Crippen molar-refractivity contribution >= 4 is 34.6 Å². The van der Waals surface area contributed by atoms with Gasteiger partial charge in [0.15, 0.2) is 11.6 Å². The Hall–Kier alpha value is -2.08. The minimum absolute atomic E-state index is 0.0878. The van der Waals surface area contributed by atoms with Gasteiger partial charge >= 0.3 is 0 Å². The molecule has 0 radical (unpaired) electrons. The second kappa shape index (κ2) is 6.36. The highest BCUT2D eigenvalue weighted by Gasteiger charge is 2.40. The van der Waals surface area contributed by atoms with Crippen LogP contribution in [0.1, 0.15) is 38.1 Å². The molecule has 0 bridgehead atoms. The summed E-state index contributed by atoms with van der Waals surface area (Å²) in [5.41, 5.74) is -1.75. The van der Waals surface area contributed by atoms with E-state index in [9.17, 15) is 24.5 Å². The van der Waals surface area contributed by atoms with Crippen molar-refractivity contribution in [1.82, 2.24) is 0 Å². The van der Waals surface area contributed by atoms with Gasteiger partial charge in [0.2, 0.25) is 0 Å². The normalized spacial score (nSPS) is 12.6. The summed E-state index contributed by atoms with van der Waals surface area (Å²) in [5.74, 6) is -3.65. The summed E-state index contributed by atoms with van der Waals surface area (Å²) in [4.78, 5) is 46.9. The van der Waals surface area contributed by atoms with Crippen LogP contribution in [0.2, 0.25) is 5.02 Å². The van der Waals surface area contributed by atoms with Gasteiger partial charge in [-0.3, -0.25) is 24.5 Å². The van der Waals surface area contributed by atoms with Crippen LogP contribution in [0.3, 0.4) is 0 Å². The summed E-state index contributed by atoms with van der Waals surface area (Å²) in [7, 11) is 0. The highest BCUT2D eigenvalue weighted by atomic mass is 35.5. The summed E-state index contributed by atoms with van der Waals surface area (Å²) >= 11 is 5.69. The van der Waals surface area contributed by atoms with Crippen LogP contribution in [-0.4, -0.2) is 22.3 Å². The Kier molecular flexibility index (Phi) is 5.19. The number of Topliss-reactive ketones (excluding diaryl/α,β-unsaturated/α-hetero) is 3. The van der Waals surface area contributed by atoms with E-state index in [1.165, 1.54) is 6.07 Å². The number of carbonyl (C=O) groups excluding carboxylic acids is 3. The number of ketones is 3. The molecule has 0 aliphatic carbocycles. The first-order valence-corrected chi connectivity index (χ1v) is 6.87. The van der Waals surface area contributed by atoms with Crippen molar-refractivity contribution in [3.05, 3.63) is 38.9 Å². The van der Waals surface area contributed by atoms with Crippen LogP contribution in [0.25, 0.3) is 0 Å². The second-order valence-corrected chi connectivity index (χ2v) is 6.38. The van der Waals surface area contributed by atoms with Crippen molar-refractivity contribution < 1.29 is 19.3 Å². The van der Waals surface area contributed by atoms with E-state index in [0.717, 1.165) is 19.1 Å². The summed E-state index contributed by atoms with van der Waals surface area (Å²) in [6.45, 7) is 5.85. The lowest BCUT2D eigenvalue weighted by Crippen LogP contribution is -2.38. The number of hydrogen-bond acceptors (Lipinski definition) is 5. The van der Waals surface area contributed by atoms with Crippen LogP contribution in [0, 0.1) is 21.4 Å². The fourth-order valence-electron chi connectivity index (χ4n) is 1.94. The van der Waals surface area contributed by atoms with Gasteiger partial charge in [-0.25, -0.2) is 0 Å². The molecule has 22 heavy (non-hydrogen) atoms. The Morgan fingerprint density at radius 1 is 1.23 bits per heavy atom. The van der Waals surface area contributed by atoms with Gasteiger partial charge in [-0.2, -0.15) is 0 Å². The molecule has 0 aliphatic heterocycles. The molecule has 0 saturated carbocycles. The second-order valence-electron chi connectivity index (χ2n) is 5.94. The largest absolute Gasteiger partial charge is 0.299 e. The van der Waals surface area contributed by atoms with E-state index in [0.29, 0.717) is 0 Å². The Balaban J connectivity index is 3.42. The Labute approximate surface area is 132 Å². The van der Waals surface area contributed by atoms with E-state index in [1.54, 1.807) is 20.8 Å². The summed E-state index contributed by atoms with van der Waals surface area (Å²) in [5, 5.41) is 11.2. The molecule has 0 N–H and O–H groups in total. The molecule has 1 atom stereocenters. The lowest BCUT2D eigenvalue weighted by Gasteiger charge is -2.22. The molecule has 0 saturated heterocycles. The topological polar surface area (TPSA) is 94.3 Å². The van der Waals surface area contributed by atoms with Crippen molar-refractivity contribution in [2.45, 2.75) is 27.7 Å². The highest BCUT2D eigenvalue weighted by Crippen LogP contribution is 2.29. The number of nitro benzene ring substituents is 1. The third-order valence-electron chi connectivity index (χ3n) is 3.09. The molecule has 0 spiro atoms. The van der Waals surface area contributed by atoms with Gasteiger partial charge in [0.05, 0.1) is 10.5 Å². The quantitative estimate of drug-likeness (QED) is 0.358. The third-order valence-corrected chi connectivity index (χ3v) is 3.33. The fourth-order valence-corrected chi connectivity index (χ4v) is 2.11. The van der Waals surface area contributed by atoms with Gasteiger partial charge in [0, 0.05) is 16.5 Å². The van der Waals surface area contributed by atoms with Gasteiger partial charge < -0.3 is 0 Å². The van der Waals surface area contributed by atoms with Crippen LogP contribution >= 0.6 is 11.6 Å². The average molecular weight is 326 g/mol. The zero-order valence-electron chi connectivity index (χ0n) is 12.7. The molecule has 0 aliphatic rings. The number of nitrogens with zero attached hydrogens (tertiary/aromatic N) is 1. The smallest absolute Gasteiger partial charge is 0.281 e. The van der Waals surface area contributed by atoms with Crippen molar-refractivity contribution in [2.24, 2.45) is 11.3 Å². The first-order chi connectivity index (χ1) is 9.96. The van der Waals surface area contributed by atoms with Gasteiger partial charge in [-0.1, -0.05) is 32.4 Å². The predicted octanol–water partition coefficient (Wildman–Crippen LogP) is 3.25. The Morgan fingerprint density at radius 2 is 1.77 bits per heavy atom. The maximum atomic E-state index is 12.5. The lowest BCUT2D eigenvalue weighted by molar-refractivity contribution is -0.385. The number of carbonyl (C=O) groups is 3. The summed E-state index contributed by atoms with van der Waals surface area (Å²) < 4.78 is 0. The van der Waals surface area contributed by atoms with Gasteiger partial charge in [-0.05, 0) is 19.1 Å². The molecule has 0 fully saturated rings. The minimum atomic E-state index is -1.56. The number of nitro groups is 1. The summed E-state index contributed by atoms with van der Waals surface area (Å²) in [6.07, 6.45) is 0.